The first-order valence-electron chi connectivity index (χ1n) is 14.7. The van der Waals surface area contributed by atoms with Crippen molar-refractivity contribution < 1.29 is 9.47 Å². The normalized spacial score (nSPS) is 12.0. The van der Waals surface area contributed by atoms with Crippen LogP contribution >= 0.6 is 0 Å². The van der Waals surface area contributed by atoms with Gasteiger partial charge in [-0.15, -0.1) is 12.0 Å². The largest absolute Gasteiger partial charge is 0.360 e. The van der Waals surface area contributed by atoms with E-state index in [0.717, 1.165) is 46.1 Å². The van der Waals surface area contributed by atoms with Gasteiger partial charge in [-0.05, 0) is 48.5 Å². The highest BCUT2D eigenvalue weighted by Gasteiger charge is 2.13. The first kappa shape index (κ1) is 33.6. The second kappa shape index (κ2) is 14.5. The molecular formula is C33H48N4O2Si3. The summed E-state index contributed by atoms with van der Waals surface area (Å²) in [4.78, 5) is 0. The van der Waals surface area contributed by atoms with Crippen LogP contribution in [-0.2, 0) is 22.9 Å². The van der Waals surface area contributed by atoms with Gasteiger partial charge in [-0.1, -0.05) is 70.8 Å². The van der Waals surface area contributed by atoms with Gasteiger partial charge >= 0.3 is 0 Å². The van der Waals surface area contributed by atoms with Crippen LogP contribution in [-0.4, -0.2) is 57.0 Å². The van der Waals surface area contributed by atoms with Gasteiger partial charge in [0.2, 0.25) is 0 Å². The quantitative estimate of drug-likeness (QED) is 0.103. The summed E-state index contributed by atoms with van der Waals surface area (Å²) in [6.07, 6.45) is 9.12. The van der Waals surface area contributed by atoms with Crippen LogP contribution in [0.15, 0.2) is 48.8 Å². The molecule has 0 amide bonds. The van der Waals surface area contributed by atoms with Crippen LogP contribution in [0.3, 0.4) is 0 Å². The van der Waals surface area contributed by atoms with Crippen molar-refractivity contribution in [3.63, 3.8) is 0 Å². The number of aromatic nitrogens is 4. The molecule has 0 fully saturated rings. The molecule has 0 aliphatic rings. The Morgan fingerprint density at radius 2 is 1.14 bits per heavy atom. The van der Waals surface area contributed by atoms with Crippen LogP contribution in [0, 0.1) is 23.8 Å². The molecule has 0 unspecified atom stereocenters. The van der Waals surface area contributed by atoms with Gasteiger partial charge in [0, 0.05) is 51.3 Å². The van der Waals surface area contributed by atoms with E-state index in [1.165, 1.54) is 12.1 Å². The second-order valence-electron chi connectivity index (χ2n) is 14.2. The molecule has 0 N–H and O–H groups in total. The molecule has 9 heteroatoms. The minimum absolute atomic E-state index is 0.503. The Balaban J connectivity index is 0.000000235. The summed E-state index contributed by atoms with van der Waals surface area (Å²) in [6, 6.07) is 14.6. The van der Waals surface area contributed by atoms with E-state index in [9.17, 15) is 0 Å². The van der Waals surface area contributed by atoms with E-state index in [0.29, 0.717) is 13.5 Å². The van der Waals surface area contributed by atoms with Gasteiger partial charge < -0.3 is 9.47 Å². The van der Waals surface area contributed by atoms with Gasteiger partial charge in [0.25, 0.3) is 0 Å². The highest BCUT2D eigenvalue weighted by atomic mass is 28.3. The van der Waals surface area contributed by atoms with Gasteiger partial charge in [0.15, 0.2) is 0 Å². The first-order chi connectivity index (χ1) is 19.6. The fraction of sp³-hybridized carbons (Fsp3) is 0.455. The molecule has 0 saturated carbocycles. The Morgan fingerprint density at radius 1 is 0.690 bits per heavy atom. The van der Waals surface area contributed by atoms with Crippen molar-refractivity contribution in [3.8, 4) is 23.8 Å². The van der Waals surface area contributed by atoms with E-state index in [1.807, 2.05) is 40.0 Å². The first-order valence-corrected chi connectivity index (χ1v) is 25.6. The zero-order valence-corrected chi connectivity index (χ0v) is 30.0. The molecule has 0 atom stereocenters. The average molecular weight is 617 g/mol. The minimum Gasteiger partial charge on any atom is -0.360 e. The standard InChI is InChI=1S/C18H28N2OSi2.C15H20N2OSi/c1-22(2,3)11-9-16-7-8-18-17(13-16)14-19-20(18)15-21-10-12-23(4,5)6;1-5-13-6-7-15-14(10-13)11-16-17(15)12-18-8-9-19(2,3)4/h7-8,13-14H,10,12,15H2,1-6H3;1,6-7,10-11H,8-9,12H2,2-4H3. The number of benzene rings is 2. The van der Waals surface area contributed by atoms with E-state index in [2.05, 4.69) is 105 Å². The second-order valence-corrected chi connectivity index (χ2v) is 30.2. The number of fused-ring (bicyclic) bond motifs is 2. The van der Waals surface area contributed by atoms with Gasteiger partial charge in [-0.3, -0.25) is 0 Å². The predicted octanol–water partition coefficient (Wildman–Crippen LogP) is 7.91. The minimum atomic E-state index is -1.34. The molecule has 2 aromatic heterocycles. The fourth-order valence-corrected chi connectivity index (χ4v) is 5.90. The smallest absolute Gasteiger partial charge is 0.139 e. The van der Waals surface area contributed by atoms with Gasteiger partial charge in [-0.25, -0.2) is 9.36 Å². The van der Waals surface area contributed by atoms with Crippen molar-refractivity contribution >= 4 is 46.0 Å². The molecule has 2 aromatic carbocycles. The van der Waals surface area contributed by atoms with Crippen molar-refractivity contribution in [2.45, 2.75) is 84.5 Å². The Hall–Kier alpha value is -2.93. The number of rotatable bonds is 10. The summed E-state index contributed by atoms with van der Waals surface area (Å²) in [5.41, 5.74) is 7.53. The summed E-state index contributed by atoms with van der Waals surface area (Å²) in [6.45, 7) is 23.6. The fourth-order valence-electron chi connectivity index (χ4n) is 3.87. The number of hydrogen-bond acceptors (Lipinski definition) is 4. The number of hydrogen-bond donors (Lipinski definition) is 0. The summed E-state index contributed by atoms with van der Waals surface area (Å²) in [5.74, 6) is 5.94. The lowest BCUT2D eigenvalue weighted by Gasteiger charge is -2.15. The summed E-state index contributed by atoms with van der Waals surface area (Å²) >= 11 is 0. The molecule has 42 heavy (non-hydrogen) atoms. The Morgan fingerprint density at radius 3 is 1.57 bits per heavy atom. The number of nitrogens with zero attached hydrogens (tertiary/aromatic N) is 4. The van der Waals surface area contributed by atoms with Crippen LogP contribution in [0.2, 0.25) is 71.0 Å². The van der Waals surface area contributed by atoms with E-state index >= 15 is 0 Å². The average Bonchev–Trinajstić information content (AvgIpc) is 3.50. The lowest BCUT2D eigenvalue weighted by molar-refractivity contribution is 0.0816. The molecule has 4 rings (SSSR count). The van der Waals surface area contributed by atoms with E-state index in [-0.39, 0.29) is 0 Å². The van der Waals surface area contributed by atoms with Crippen LogP contribution in [0.5, 0.6) is 0 Å². The third-order valence-electron chi connectivity index (χ3n) is 6.45. The number of ether oxygens (including phenoxy) is 2. The maximum Gasteiger partial charge on any atom is 0.139 e. The van der Waals surface area contributed by atoms with Crippen molar-refractivity contribution in [2.75, 3.05) is 13.2 Å². The molecule has 6 nitrogen and oxygen atoms in total. The zero-order chi connectivity index (χ0) is 31.0. The van der Waals surface area contributed by atoms with E-state index in [4.69, 9.17) is 15.9 Å². The molecule has 4 aromatic rings. The molecule has 0 spiro atoms. The Labute approximate surface area is 255 Å². The number of terminal acetylenes is 1. The van der Waals surface area contributed by atoms with Crippen LogP contribution in [0.25, 0.3) is 21.8 Å². The van der Waals surface area contributed by atoms with Crippen molar-refractivity contribution in [1.29, 1.82) is 0 Å². The molecule has 224 valence electrons. The third kappa shape index (κ3) is 11.4. The predicted molar refractivity (Wildman–Crippen MR) is 186 cm³/mol. The Bertz CT molecular complexity index is 1570. The third-order valence-corrected chi connectivity index (χ3v) is 10.7. The van der Waals surface area contributed by atoms with Crippen molar-refractivity contribution in [3.05, 3.63) is 59.9 Å². The summed E-state index contributed by atoms with van der Waals surface area (Å²) in [5, 5.41) is 11.0. The van der Waals surface area contributed by atoms with Gasteiger partial charge in [0.1, 0.15) is 21.5 Å². The van der Waals surface area contributed by atoms with Crippen LogP contribution < -0.4 is 0 Å². The molecule has 0 aliphatic carbocycles. The van der Waals surface area contributed by atoms with E-state index < -0.39 is 24.2 Å². The van der Waals surface area contributed by atoms with Crippen LogP contribution in [0.4, 0.5) is 0 Å². The SMILES string of the molecule is C#Cc1ccc2c(cnn2COCC[Si](C)(C)C)c1.C[Si](C)(C)C#Cc1ccc2c(cnn2COCC[Si](C)(C)C)c1. The molecule has 0 radical (unpaired) electrons. The van der Waals surface area contributed by atoms with Crippen molar-refractivity contribution in [2.24, 2.45) is 0 Å². The highest BCUT2D eigenvalue weighted by molar-refractivity contribution is 6.83. The summed E-state index contributed by atoms with van der Waals surface area (Å²) in [7, 11) is -3.39. The van der Waals surface area contributed by atoms with E-state index in [1.54, 1.807) is 0 Å². The maximum atomic E-state index is 5.80. The summed E-state index contributed by atoms with van der Waals surface area (Å²) < 4.78 is 15.3. The topological polar surface area (TPSA) is 54.1 Å². The monoisotopic (exact) mass is 616 g/mol. The van der Waals surface area contributed by atoms with Crippen molar-refractivity contribution in [1.82, 2.24) is 19.6 Å². The molecule has 0 saturated heterocycles. The Kier molecular flexibility index (Phi) is 11.6. The highest BCUT2D eigenvalue weighted by Crippen LogP contribution is 2.17. The van der Waals surface area contributed by atoms with Crippen LogP contribution in [0.1, 0.15) is 11.1 Å². The molecule has 0 aliphatic heterocycles. The molecule has 0 bridgehead atoms. The zero-order valence-electron chi connectivity index (χ0n) is 27.0. The maximum absolute atomic E-state index is 5.80. The molecule has 2 heterocycles. The lowest BCUT2D eigenvalue weighted by atomic mass is 10.2. The lowest BCUT2D eigenvalue weighted by Crippen LogP contribution is -2.22. The van der Waals surface area contributed by atoms with Gasteiger partial charge in [-0.2, -0.15) is 10.2 Å². The van der Waals surface area contributed by atoms with Gasteiger partial charge in [0.05, 0.1) is 23.4 Å². The molecular weight excluding hydrogens is 569 g/mol.